The summed E-state index contributed by atoms with van der Waals surface area (Å²) in [7, 11) is -4.02. The van der Waals surface area contributed by atoms with Crippen molar-refractivity contribution in [2.45, 2.75) is 51.2 Å². The molecule has 0 aliphatic heterocycles. The molecule has 2 unspecified atom stereocenters. The second kappa shape index (κ2) is 5.24. The summed E-state index contributed by atoms with van der Waals surface area (Å²) < 4.78 is 0. The smallest absolute Gasteiger partial charge is 0.331 e. The van der Waals surface area contributed by atoms with Crippen molar-refractivity contribution >= 4 is 28.1 Å². The van der Waals surface area contributed by atoms with Crippen LogP contribution in [-0.2, 0) is 9.59 Å². The summed E-state index contributed by atoms with van der Waals surface area (Å²) in [5, 5.41) is 19.3. The molecule has 0 heterocycles. The van der Waals surface area contributed by atoms with Crippen molar-refractivity contribution < 1.29 is 19.8 Å². The van der Waals surface area contributed by atoms with Gasteiger partial charge in [0.1, 0.15) is 0 Å². The van der Waals surface area contributed by atoms with Crippen LogP contribution in [0, 0.1) is 5.92 Å². The lowest BCUT2D eigenvalue weighted by Gasteiger charge is -2.45. The van der Waals surface area contributed by atoms with E-state index in [-0.39, 0.29) is 0 Å². The van der Waals surface area contributed by atoms with Crippen LogP contribution in [-0.4, -0.2) is 38.3 Å². The molecule has 0 saturated carbocycles. The summed E-state index contributed by atoms with van der Waals surface area (Å²) in [5.41, 5.74) is 0.307. The summed E-state index contributed by atoms with van der Waals surface area (Å²) >= 11 is 0. The van der Waals surface area contributed by atoms with Crippen molar-refractivity contribution in [3.05, 3.63) is 22.9 Å². The van der Waals surface area contributed by atoms with Gasteiger partial charge in [-0.3, -0.25) is 4.79 Å². The predicted octanol–water partition coefficient (Wildman–Crippen LogP) is 3.61. The molecule has 2 atom stereocenters. The molecule has 1 rings (SSSR count). The highest BCUT2D eigenvalue weighted by molar-refractivity contribution is 6.85. The van der Waals surface area contributed by atoms with Gasteiger partial charge in [-0.05, 0) is 5.20 Å². The second-order valence-corrected chi connectivity index (χ2v) is 18.2. The Balaban J connectivity index is 3.67. The first kappa shape index (κ1) is 17.9. The highest BCUT2D eigenvalue weighted by Gasteiger charge is 2.56. The summed E-state index contributed by atoms with van der Waals surface area (Å²) in [5.74, 6) is -2.39. The normalized spacial score (nSPS) is 26.9. The molecular weight excluding hydrogens is 300 g/mol. The number of carboxylic acids is 2. The van der Waals surface area contributed by atoms with E-state index in [9.17, 15) is 19.8 Å². The fraction of sp³-hybridized carbons (Fsp3) is 0.600. The van der Waals surface area contributed by atoms with Gasteiger partial charge < -0.3 is 10.2 Å². The van der Waals surface area contributed by atoms with E-state index >= 15 is 0 Å². The Bertz CT molecular complexity index is 535. The second-order valence-electron chi connectivity index (χ2n) is 7.86. The molecule has 118 valence electrons. The number of carbonyl (C=O) groups is 2. The maximum Gasteiger partial charge on any atom is 0.331 e. The van der Waals surface area contributed by atoms with Crippen molar-refractivity contribution in [3.8, 4) is 0 Å². The van der Waals surface area contributed by atoms with Crippen molar-refractivity contribution in [2.75, 3.05) is 0 Å². The van der Waals surface area contributed by atoms with Crippen LogP contribution in [0.15, 0.2) is 22.9 Å². The third-order valence-electron chi connectivity index (χ3n) is 4.55. The molecule has 0 aromatic rings. The fourth-order valence-corrected chi connectivity index (χ4v) is 7.72. The van der Waals surface area contributed by atoms with Gasteiger partial charge in [-0.15, -0.1) is 0 Å². The average Bonchev–Trinajstić information content (AvgIpc) is 2.24. The zero-order valence-corrected chi connectivity index (χ0v) is 15.9. The molecule has 0 spiro atoms. The third-order valence-corrected chi connectivity index (χ3v) is 9.90. The molecule has 0 saturated heterocycles. The van der Waals surface area contributed by atoms with Crippen LogP contribution in [0.1, 0.15) is 6.92 Å². The summed E-state index contributed by atoms with van der Waals surface area (Å²) in [4.78, 5) is 23.8. The molecule has 0 fully saturated rings. The largest absolute Gasteiger partial charge is 0.481 e. The minimum absolute atomic E-state index is 0.307. The summed E-state index contributed by atoms with van der Waals surface area (Å²) in [6, 6.07) is 0. The first-order chi connectivity index (χ1) is 9.26. The first-order valence-electron chi connectivity index (χ1n) is 7.17. The van der Waals surface area contributed by atoms with Crippen molar-refractivity contribution in [1.82, 2.24) is 0 Å². The first-order valence-corrected chi connectivity index (χ1v) is 14.2. The predicted molar refractivity (Wildman–Crippen MR) is 90.0 cm³/mol. The number of aliphatic carboxylic acids is 2. The van der Waals surface area contributed by atoms with Crippen LogP contribution >= 0.6 is 0 Å². The third kappa shape index (κ3) is 2.78. The van der Waals surface area contributed by atoms with E-state index in [0.717, 1.165) is 5.20 Å². The number of rotatable bonds is 4. The molecule has 0 radical (unpaired) electrons. The topological polar surface area (TPSA) is 74.6 Å². The molecule has 21 heavy (non-hydrogen) atoms. The summed E-state index contributed by atoms with van der Waals surface area (Å²) in [6.07, 6.45) is 3.58. The van der Waals surface area contributed by atoms with Crippen molar-refractivity contribution in [1.29, 1.82) is 0 Å². The molecule has 6 heteroatoms. The van der Waals surface area contributed by atoms with Gasteiger partial charge in [-0.25, -0.2) is 4.79 Å². The highest BCUT2D eigenvalue weighted by Crippen LogP contribution is 2.53. The van der Waals surface area contributed by atoms with Crippen molar-refractivity contribution in [2.24, 2.45) is 5.92 Å². The summed E-state index contributed by atoms with van der Waals surface area (Å²) in [6.45, 7) is 14.0. The van der Waals surface area contributed by atoms with Crippen LogP contribution in [0.5, 0.6) is 0 Å². The van der Waals surface area contributed by atoms with Gasteiger partial charge >= 0.3 is 11.9 Å². The molecule has 2 N–H and O–H groups in total. The maximum absolute atomic E-state index is 12.0. The van der Waals surface area contributed by atoms with E-state index in [1.165, 1.54) is 0 Å². The van der Waals surface area contributed by atoms with Crippen LogP contribution in [0.2, 0.25) is 44.3 Å². The van der Waals surface area contributed by atoms with Gasteiger partial charge in [-0.1, -0.05) is 58.4 Å². The molecule has 1 aliphatic rings. The number of hydrogen-bond acceptors (Lipinski definition) is 2. The number of hydrogen-bond donors (Lipinski definition) is 2. The monoisotopic (exact) mass is 326 g/mol. The van der Waals surface area contributed by atoms with Crippen LogP contribution in [0.4, 0.5) is 0 Å². The Kier molecular flexibility index (Phi) is 4.47. The molecular formula is C15H26O4Si2. The van der Waals surface area contributed by atoms with Crippen LogP contribution in [0.25, 0.3) is 0 Å². The van der Waals surface area contributed by atoms with Gasteiger partial charge in [0.25, 0.3) is 0 Å². The van der Waals surface area contributed by atoms with Gasteiger partial charge in [-0.2, -0.15) is 0 Å². The molecule has 0 aromatic heterocycles. The molecule has 0 aromatic carbocycles. The Morgan fingerprint density at radius 2 is 1.57 bits per heavy atom. The maximum atomic E-state index is 12.0. The Labute approximate surface area is 128 Å². The average molecular weight is 327 g/mol. The molecule has 0 amide bonds. The quantitative estimate of drug-likeness (QED) is 0.774. The van der Waals surface area contributed by atoms with E-state index in [4.69, 9.17) is 0 Å². The van der Waals surface area contributed by atoms with Gasteiger partial charge in [0.2, 0.25) is 0 Å². The molecule has 4 nitrogen and oxygen atoms in total. The van der Waals surface area contributed by atoms with Crippen molar-refractivity contribution in [3.63, 3.8) is 0 Å². The standard InChI is InChI=1S/C15H26O4Si2/c1-10-12(13(16)17)11(20(2,3)4)8-9-15(10,14(18)19)21(5,6)7/h8-10H,1-7H3,(H,16,17)(H,18,19). The van der Waals surface area contributed by atoms with Gasteiger partial charge in [0, 0.05) is 11.5 Å². The minimum atomic E-state index is -2.18. The lowest BCUT2D eigenvalue weighted by Crippen LogP contribution is -2.51. The number of allylic oxidation sites excluding steroid dienone is 2. The molecule has 1 aliphatic carbocycles. The Morgan fingerprint density at radius 1 is 1.10 bits per heavy atom. The van der Waals surface area contributed by atoms with E-state index in [2.05, 4.69) is 19.6 Å². The van der Waals surface area contributed by atoms with E-state index in [1.807, 2.05) is 19.6 Å². The van der Waals surface area contributed by atoms with Gasteiger partial charge in [0.05, 0.1) is 21.2 Å². The number of carboxylic acid groups (broad SMARTS) is 2. The van der Waals surface area contributed by atoms with E-state index < -0.39 is 39.0 Å². The van der Waals surface area contributed by atoms with Crippen LogP contribution < -0.4 is 0 Å². The van der Waals surface area contributed by atoms with Crippen LogP contribution in [0.3, 0.4) is 0 Å². The SMILES string of the molecule is CC1C(C(=O)O)=C([Si](C)(C)C)C=CC1(C(=O)O)[Si](C)(C)C. The highest BCUT2D eigenvalue weighted by atomic mass is 28.3. The van der Waals surface area contributed by atoms with Gasteiger partial charge in [0.15, 0.2) is 0 Å². The lowest BCUT2D eigenvalue weighted by atomic mass is 9.82. The lowest BCUT2D eigenvalue weighted by molar-refractivity contribution is -0.140. The van der Waals surface area contributed by atoms with E-state index in [1.54, 1.807) is 19.1 Å². The fourth-order valence-electron chi connectivity index (χ4n) is 3.34. The Morgan fingerprint density at radius 3 is 1.86 bits per heavy atom. The minimum Gasteiger partial charge on any atom is -0.481 e. The molecule has 0 bridgehead atoms. The zero-order chi connectivity index (χ0) is 16.8. The van der Waals surface area contributed by atoms with E-state index in [0.29, 0.717) is 5.57 Å². The Hall–Kier alpha value is -1.15. The zero-order valence-electron chi connectivity index (χ0n) is 13.9.